The lowest BCUT2D eigenvalue weighted by Gasteiger charge is -2.40. The minimum Gasteiger partial charge on any atom is -0.373 e. The lowest BCUT2D eigenvalue weighted by Crippen LogP contribution is -2.50. The molecule has 0 bridgehead atoms. The molecule has 1 aromatic heterocycles. The highest BCUT2D eigenvalue weighted by molar-refractivity contribution is 6.31. The fourth-order valence-electron chi connectivity index (χ4n) is 2.97. The highest BCUT2D eigenvalue weighted by Crippen LogP contribution is 2.28. The SMILES string of the molecule is O=C1CCOC2(CCN(Cc3ccncc3Cl)CC2)CN1. The first-order chi connectivity index (χ1) is 10.2. The number of pyridine rings is 1. The zero-order chi connectivity index (χ0) is 14.7. The van der Waals surface area contributed by atoms with E-state index in [1.54, 1.807) is 12.4 Å². The van der Waals surface area contributed by atoms with Crippen molar-refractivity contribution in [2.45, 2.75) is 31.4 Å². The second-order valence-electron chi connectivity index (χ2n) is 5.80. The average molecular weight is 310 g/mol. The summed E-state index contributed by atoms with van der Waals surface area (Å²) in [5, 5.41) is 3.69. The second kappa shape index (κ2) is 6.30. The van der Waals surface area contributed by atoms with Crippen molar-refractivity contribution in [3.63, 3.8) is 0 Å². The smallest absolute Gasteiger partial charge is 0.222 e. The Labute approximate surface area is 129 Å². The van der Waals surface area contributed by atoms with Crippen LogP contribution in [0.5, 0.6) is 0 Å². The van der Waals surface area contributed by atoms with Gasteiger partial charge in [0.05, 0.1) is 17.2 Å². The summed E-state index contributed by atoms with van der Waals surface area (Å²) in [6, 6.07) is 1.97. The van der Waals surface area contributed by atoms with E-state index in [9.17, 15) is 4.79 Å². The van der Waals surface area contributed by atoms with Crippen LogP contribution in [-0.2, 0) is 16.1 Å². The van der Waals surface area contributed by atoms with E-state index in [1.807, 2.05) is 6.07 Å². The average Bonchev–Trinajstić information content (AvgIpc) is 2.67. The van der Waals surface area contributed by atoms with Crippen molar-refractivity contribution in [2.24, 2.45) is 0 Å². The van der Waals surface area contributed by atoms with Gasteiger partial charge in [-0.3, -0.25) is 14.7 Å². The van der Waals surface area contributed by atoms with Gasteiger partial charge in [0.2, 0.25) is 5.91 Å². The van der Waals surface area contributed by atoms with Crippen molar-refractivity contribution < 1.29 is 9.53 Å². The molecule has 0 aliphatic carbocycles. The molecule has 6 heteroatoms. The molecule has 0 unspecified atom stereocenters. The minimum absolute atomic E-state index is 0.0953. The number of ether oxygens (including phenoxy) is 1. The van der Waals surface area contributed by atoms with E-state index in [1.165, 1.54) is 0 Å². The van der Waals surface area contributed by atoms with Crippen LogP contribution in [0.15, 0.2) is 18.5 Å². The van der Waals surface area contributed by atoms with Gasteiger partial charge in [-0.2, -0.15) is 0 Å². The molecular weight excluding hydrogens is 290 g/mol. The third-order valence-electron chi connectivity index (χ3n) is 4.36. The first-order valence-electron chi connectivity index (χ1n) is 7.38. The number of piperidine rings is 1. The monoisotopic (exact) mass is 309 g/mol. The molecule has 1 spiro atoms. The summed E-state index contributed by atoms with van der Waals surface area (Å²) in [5.41, 5.74) is 0.933. The number of carbonyl (C=O) groups excluding carboxylic acids is 1. The lowest BCUT2D eigenvalue weighted by atomic mass is 9.90. The third-order valence-corrected chi connectivity index (χ3v) is 4.70. The molecule has 1 amide bonds. The second-order valence-corrected chi connectivity index (χ2v) is 6.21. The quantitative estimate of drug-likeness (QED) is 0.902. The van der Waals surface area contributed by atoms with Gasteiger partial charge in [-0.05, 0) is 24.5 Å². The molecule has 1 N–H and O–H groups in total. The number of hydrogen-bond acceptors (Lipinski definition) is 4. The van der Waals surface area contributed by atoms with Crippen LogP contribution in [0.25, 0.3) is 0 Å². The topological polar surface area (TPSA) is 54.5 Å². The summed E-state index contributed by atoms with van der Waals surface area (Å²) >= 11 is 6.16. The molecule has 0 aromatic carbocycles. The normalized spacial score (nSPS) is 22.8. The molecular formula is C15H20ClN3O2. The molecule has 3 rings (SSSR count). The maximum absolute atomic E-state index is 11.4. The van der Waals surface area contributed by atoms with Crippen LogP contribution in [0.4, 0.5) is 0 Å². The summed E-state index contributed by atoms with van der Waals surface area (Å²) < 4.78 is 5.98. The molecule has 1 aromatic rings. The molecule has 0 atom stereocenters. The summed E-state index contributed by atoms with van der Waals surface area (Å²) in [5.74, 6) is 0.0953. The number of halogens is 1. The Bertz CT molecular complexity index is 515. The number of likely N-dealkylation sites (tertiary alicyclic amines) is 1. The molecule has 2 aliphatic heterocycles. The molecule has 0 saturated carbocycles. The number of amides is 1. The van der Waals surface area contributed by atoms with Crippen LogP contribution in [0.2, 0.25) is 5.02 Å². The zero-order valence-corrected chi connectivity index (χ0v) is 12.7. The number of carbonyl (C=O) groups is 1. The standard InChI is InChI=1S/C15H20ClN3O2/c16-13-9-17-5-1-12(13)10-19-6-3-15(4-7-19)11-18-14(20)2-8-21-15/h1,5,9H,2-4,6-8,10-11H2,(H,18,20). The highest BCUT2D eigenvalue weighted by Gasteiger charge is 2.37. The number of rotatable bonds is 2. The van der Waals surface area contributed by atoms with Crippen LogP contribution in [0.3, 0.4) is 0 Å². The van der Waals surface area contributed by atoms with Crippen LogP contribution in [0, 0.1) is 0 Å². The Balaban J connectivity index is 1.57. The predicted molar refractivity (Wildman–Crippen MR) is 80.1 cm³/mol. The Kier molecular flexibility index (Phi) is 4.42. The van der Waals surface area contributed by atoms with Crippen molar-refractivity contribution in [1.82, 2.24) is 15.2 Å². The summed E-state index contributed by atoms with van der Waals surface area (Å²) in [6.07, 6.45) is 5.81. The molecule has 114 valence electrons. The predicted octanol–water partition coefficient (Wildman–Crippen LogP) is 1.61. The summed E-state index contributed by atoms with van der Waals surface area (Å²) in [4.78, 5) is 17.8. The fourth-order valence-corrected chi connectivity index (χ4v) is 3.15. The molecule has 2 saturated heterocycles. The van der Waals surface area contributed by atoms with Gasteiger partial charge in [0.1, 0.15) is 0 Å². The molecule has 2 fully saturated rings. The van der Waals surface area contributed by atoms with Crippen molar-refractivity contribution >= 4 is 17.5 Å². The van der Waals surface area contributed by atoms with Crippen LogP contribution in [0.1, 0.15) is 24.8 Å². The van der Waals surface area contributed by atoms with Gasteiger partial charge in [0.25, 0.3) is 0 Å². The first kappa shape index (κ1) is 14.8. The molecule has 3 heterocycles. The molecule has 21 heavy (non-hydrogen) atoms. The van der Waals surface area contributed by atoms with Crippen molar-refractivity contribution in [1.29, 1.82) is 0 Å². The Hall–Kier alpha value is -1.17. The largest absolute Gasteiger partial charge is 0.373 e. The first-order valence-corrected chi connectivity index (χ1v) is 7.76. The maximum atomic E-state index is 11.4. The minimum atomic E-state index is -0.176. The van der Waals surface area contributed by atoms with Gasteiger partial charge in [-0.1, -0.05) is 11.6 Å². The van der Waals surface area contributed by atoms with Crippen molar-refractivity contribution in [3.8, 4) is 0 Å². The molecule has 2 aliphatic rings. The van der Waals surface area contributed by atoms with Gasteiger partial charge < -0.3 is 10.1 Å². The lowest BCUT2D eigenvalue weighted by molar-refractivity contribution is -0.120. The number of aromatic nitrogens is 1. The van der Waals surface area contributed by atoms with E-state index in [0.717, 1.165) is 43.1 Å². The molecule has 5 nitrogen and oxygen atoms in total. The molecule has 0 radical (unpaired) electrons. The summed E-state index contributed by atoms with van der Waals surface area (Å²) in [6.45, 7) is 3.91. The van der Waals surface area contributed by atoms with E-state index in [0.29, 0.717) is 19.6 Å². The van der Waals surface area contributed by atoms with E-state index in [2.05, 4.69) is 15.2 Å². The Morgan fingerprint density at radius 1 is 1.43 bits per heavy atom. The van der Waals surface area contributed by atoms with Crippen LogP contribution < -0.4 is 5.32 Å². The van der Waals surface area contributed by atoms with E-state index in [4.69, 9.17) is 16.3 Å². The number of hydrogen-bond donors (Lipinski definition) is 1. The number of nitrogens with zero attached hydrogens (tertiary/aromatic N) is 2. The maximum Gasteiger partial charge on any atom is 0.222 e. The van der Waals surface area contributed by atoms with Crippen LogP contribution >= 0.6 is 11.6 Å². The summed E-state index contributed by atoms with van der Waals surface area (Å²) in [7, 11) is 0. The van der Waals surface area contributed by atoms with E-state index < -0.39 is 0 Å². The highest BCUT2D eigenvalue weighted by atomic mass is 35.5. The van der Waals surface area contributed by atoms with Gasteiger partial charge in [0.15, 0.2) is 0 Å². The number of nitrogens with one attached hydrogen (secondary N) is 1. The van der Waals surface area contributed by atoms with Crippen LogP contribution in [-0.4, -0.2) is 47.6 Å². The third kappa shape index (κ3) is 3.54. The fraction of sp³-hybridized carbons (Fsp3) is 0.600. The Morgan fingerprint density at radius 2 is 2.24 bits per heavy atom. The van der Waals surface area contributed by atoms with Gasteiger partial charge in [0, 0.05) is 45.0 Å². The van der Waals surface area contributed by atoms with Crippen molar-refractivity contribution in [3.05, 3.63) is 29.0 Å². The van der Waals surface area contributed by atoms with Gasteiger partial charge in [-0.25, -0.2) is 0 Å². The zero-order valence-electron chi connectivity index (χ0n) is 12.0. The van der Waals surface area contributed by atoms with Gasteiger partial charge >= 0.3 is 0 Å². The van der Waals surface area contributed by atoms with E-state index >= 15 is 0 Å². The van der Waals surface area contributed by atoms with Crippen molar-refractivity contribution in [2.75, 3.05) is 26.2 Å². The van der Waals surface area contributed by atoms with Gasteiger partial charge in [-0.15, -0.1) is 0 Å². The van der Waals surface area contributed by atoms with E-state index in [-0.39, 0.29) is 11.5 Å². The Morgan fingerprint density at radius 3 is 3.00 bits per heavy atom.